The molecule has 0 amide bonds. The zero-order valence-electron chi connectivity index (χ0n) is 6.11. The van der Waals surface area contributed by atoms with E-state index < -0.39 is 24.7 Å². The number of ether oxygens (including phenoxy) is 2. The third-order valence-corrected chi connectivity index (χ3v) is 1.09. The summed E-state index contributed by atoms with van der Waals surface area (Å²) in [5.41, 5.74) is 0. The lowest BCUT2D eigenvalue weighted by molar-refractivity contribution is -0.140. The third kappa shape index (κ3) is 2.51. The number of carbonyl (C=O) groups is 2. The molecule has 13 heavy (non-hydrogen) atoms. The van der Waals surface area contributed by atoms with Crippen molar-refractivity contribution in [3.63, 3.8) is 0 Å². The fourth-order valence-electron chi connectivity index (χ4n) is 0.676. The molecule has 1 heterocycles. The molecular formula is C5H5NO7. The molecular weight excluding hydrogens is 186 g/mol. The maximum atomic E-state index is 10.0. The van der Waals surface area contributed by atoms with Gasteiger partial charge in [0, 0.05) is 0 Å². The molecule has 0 aromatic carbocycles. The topological polar surface area (TPSA) is 115 Å². The predicted molar refractivity (Wildman–Crippen MR) is 35.4 cm³/mol. The van der Waals surface area contributed by atoms with E-state index in [1.165, 1.54) is 0 Å². The van der Waals surface area contributed by atoms with Crippen molar-refractivity contribution in [2.24, 2.45) is 5.16 Å². The maximum Gasteiger partial charge on any atom is 0.509 e. The quantitative estimate of drug-likeness (QED) is 0.594. The molecule has 72 valence electrons. The summed E-state index contributed by atoms with van der Waals surface area (Å²) in [7, 11) is 0. The average Bonchev–Trinajstić information content (AvgIpc) is 2.34. The average molecular weight is 191 g/mol. The smallest absolute Gasteiger partial charge is 0.450 e. The molecule has 1 aliphatic heterocycles. The first-order valence-corrected chi connectivity index (χ1v) is 3.08. The minimum Gasteiger partial charge on any atom is -0.450 e. The second-order valence-corrected chi connectivity index (χ2v) is 1.96. The molecule has 0 saturated carbocycles. The van der Waals surface area contributed by atoms with Crippen molar-refractivity contribution in [3.05, 3.63) is 0 Å². The number of oxime groups is 1. The maximum absolute atomic E-state index is 10.0. The van der Waals surface area contributed by atoms with Crippen LogP contribution in [0.4, 0.5) is 9.59 Å². The Hall–Kier alpha value is -1.99. The van der Waals surface area contributed by atoms with Gasteiger partial charge in [-0.15, -0.1) is 0 Å². The normalized spacial score (nSPS) is 24.9. The molecule has 2 unspecified atom stereocenters. The summed E-state index contributed by atoms with van der Waals surface area (Å²) >= 11 is 0. The molecule has 0 fully saturated rings. The van der Waals surface area contributed by atoms with E-state index in [2.05, 4.69) is 19.5 Å². The van der Waals surface area contributed by atoms with E-state index in [4.69, 9.17) is 10.2 Å². The number of hydrogen-bond donors (Lipinski definition) is 2. The molecule has 8 nitrogen and oxygen atoms in total. The van der Waals surface area contributed by atoms with Crippen LogP contribution >= 0.6 is 0 Å². The van der Waals surface area contributed by atoms with Crippen LogP contribution in [0.5, 0.6) is 0 Å². The highest BCUT2D eigenvalue weighted by Gasteiger charge is 2.33. The first-order chi connectivity index (χ1) is 6.09. The highest BCUT2D eigenvalue weighted by molar-refractivity contribution is 5.70. The van der Waals surface area contributed by atoms with Gasteiger partial charge in [-0.05, 0) is 0 Å². The lowest BCUT2D eigenvalue weighted by atomic mass is 10.4. The highest BCUT2D eigenvalue weighted by atomic mass is 16.8. The Kier molecular flexibility index (Phi) is 2.52. The predicted octanol–water partition coefficient (Wildman–Crippen LogP) is 0.0863. The Bertz CT molecular complexity index is 249. The fourth-order valence-corrected chi connectivity index (χ4v) is 0.676. The van der Waals surface area contributed by atoms with E-state index in [1.807, 2.05) is 0 Å². The van der Waals surface area contributed by atoms with Crippen molar-refractivity contribution in [2.45, 2.75) is 12.4 Å². The van der Waals surface area contributed by atoms with Crippen molar-refractivity contribution in [1.82, 2.24) is 0 Å². The summed E-state index contributed by atoms with van der Waals surface area (Å²) in [4.78, 5) is 24.4. The summed E-state index contributed by atoms with van der Waals surface area (Å²) < 4.78 is 8.28. The second kappa shape index (κ2) is 3.61. The van der Waals surface area contributed by atoms with Gasteiger partial charge in [0.1, 0.15) is 0 Å². The molecule has 1 aliphatic rings. The van der Waals surface area contributed by atoms with Gasteiger partial charge in [0.15, 0.2) is 0 Å². The second-order valence-electron chi connectivity index (χ2n) is 1.96. The lowest BCUT2D eigenvalue weighted by Crippen LogP contribution is -2.32. The van der Waals surface area contributed by atoms with E-state index in [9.17, 15) is 9.59 Å². The van der Waals surface area contributed by atoms with Gasteiger partial charge in [0.2, 0.25) is 6.10 Å². The van der Waals surface area contributed by atoms with Crippen LogP contribution in [0.2, 0.25) is 0 Å². The van der Waals surface area contributed by atoms with E-state index >= 15 is 0 Å². The number of carboxylic acid groups (broad SMARTS) is 2. The van der Waals surface area contributed by atoms with Crippen molar-refractivity contribution in [3.8, 4) is 0 Å². The molecule has 0 aliphatic carbocycles. The van der Waals surface area contributed by atoms with Crippen molar-refractivity contribution < 1.29 is 34.1 Å². The van der Waals surface area contributed by atoms with E-state index in [1.54, 1.807) is 0 Å². The van der Waals surface area contributed by atoms with Gasteiger partial charge in [0.25, 0.3) is 0 Å². The summed E-state index contributed by atoms with van der Waals surface area (Å²) in [5, 5.41) is 19.5. The Morgan fingerprint density at radius 3 is 2.46 bits per heavy atom. The Balaban J connectivity index is 2.47. The number of nitrogens with zero attached hydrogens (tertiary/aromatic N) is 1. The van der Waals surface area contributed by atoms with Crippen LogP contribution < -0.4 is 0 Å². The van der Waals surface area contributed by atoms with Crippen LogP contribution in [-0.4, -0.2) is 41.1 Å². The van der Waals surface area contributed by atoms with E-state index in [-0.39, 0.29) is 0 Å². The minimum absolute atomic E-state index is 0.988. The summed E-state index contributed by atoms with van der Waals surface area (Å²) in [6.45, 7) is 0. The van der Waals surface area contributed by atoms with Crippen molar-refractivity contribution in [2.75, 3.05) is 0 Å². The van der Waals surface area contributed by atoms with Gasteiger partial charge in [0.05, 0.1) is 6.21 Å². The van der Waals surface area contributed by atoms with Gasteiger partial charge >= 0.3 is 18.6 Å². The van der Waals surface area contributed by atoms with Crippen molar-refractivity contribution in [1.29, 1.82) is 0 Å². The molecule has 8 heteroatoms. The molecule has 0 aromatic heterocycles. The van der Waals surface area contributed by atoms with Gasteiger partial charge in [-0.2, -0.15) is 0 Å². The van der Waals surface area contributed by atoms with Gasteiger partial charge < -0.3 is 24.5 Å². The Labute approximate surface area is 71.3 Å². The van der Waals surface area contributed by atoms with Crippen LogP contribution in [0, 0.1) is 0 Å². The van der Waals surface area contributed by atoms with Gasteiger partial charge in [-0.3, -0.25) is 0 Å². The first-order valence-electron chi connectivity index (χ1n) is 3.08. The van der Waals surface area contributed by atoms with Gasteiger partial charge in [-0.25, -0.2) is 9.59 Å². The van der Waals surface area contributed by atoms with Crippen LogP contribution in [0.3, 0.4) is 0 Å². The Morgan fingerprint density at radius 1 is 1.31 bits per heavy atom. The van der Waals surface area contributed by atoms with Gasteiger partial charge in [-0.1, -0.05) is 5.16 Å². The standard InChI is InChI=1S/C5H5NO7/c7-4(8)11-2-1-6-13-3(2)12-5(9)10/h1-3H,(H,7,8)(H,9,10). The summed E-state index contributed by atoms with van der Waals surface area (Å²) in [6.07, 6.45) is -4.71. The lowest BCUT2D eigenvalue weighted by Gasteiger charge is -2.13. The fraction of sp³-hybridized carbons (Fsp3) is 0.400. The molecule has 2 N–H and O–H groups in total. The highest BCUT2D eigenvalue weighted by Crippen LogP contribution is 2.11. The van der Waals surface area contributed by atoms with Crippen LogP contribution in [0.25, 0.3) is 0 Å². The molecule has 0 aromatic rings. The summed E-state index contributed by atoms with van der Waals surface area (Å²) in [5.74, 6) is 0. The SMILES string of the molecule is O=C(O)OC1C=NOC1OC(=O)O. The van der Waals surface area contributed by atoms with E-state index in [0.717, 1.165) is 6.21 Å². The van der Waals surface area contributed by atoms with E-state index in [0.29, 0.717) is 0 Å². The molecule has 2 atom stereocenters. The largest absolute Gasteiger partial charge is 0.509 e. The zero-order chi connectivity index (χ0) is 9.84. The van der Waals surface area contributed by atoms with Crippen LogP contribution in [0.15, 0.2) is 5.16 Å². The molecule has 1 rings (SSSR count). The zero-order valence-corrected chi connectivity index (χ0v) is 6.11. The third-order valence-electron chi connectivity index (χ3n) is 1.09. The molecule has 0 radical (unpaired) electrons. The van der Waals surface area contributed by atoms with Crippen LogP contribution in [0.1, 0.15) is 0 Å². The molecule has 0 bridgehead atoms. The van der Waals surface area contributed by atoms with Crippen LogP contribution in [-0.2, 0) is 14.3 Å². The minimum atomic E-state index is -1.60. The first kappa shape index (κ1) is 9.10. The van der Waals surface area contributed by atoms with Crippen molar-refractivity contribution >= 4 is 18.5 Å². The Morgan fingerprint density at radius 2 is 1.92 bits per heavy atom. The number of rotatable bonds is 2. The molecule has 0 saturated heterocycles. The monoisotopic (exact) mass is 191 g/mol. The number of hydrogen-bond acceptors (Lipinski definition) is 6. The summed E-state index contributed by atoms with van der Waals surface area (Å²) in [6, 6.07) is 0. The molecule has 0 spiro atoms.